The predicted molar refractivity (Wildman–Crippen MR) is 102 cm³/mol. The highest BCUT2D eigenvalue weighted by Gasteiger charge is 2.22. The first-order valence-electron chi connectivity index (χ1n) is 9.24. The molecule has 1 aliphatic carbocycles. The smallest absolute Gasteiger partial charge is 0.151 e. The topological polar surface area (TPSA) is 59.1 Å². The first-order valence-corrected chi connectivity index (χ1v) is 9.24. The van der Waals surface area contributed by atoms with E-state index < -0.39 is 0 Å². The normalized spacial score (nSPS) is 21.3. The lowest BCUT2D eigenvalue weighted by Crippen LogP contribution is -2.42. The molecule has 2 aromatic heterocycles. The molecule has 1 saturated carbocycles. The van der Waals surface area contributed by atoms with Crippen LogP contribution >= 0.6 is 0 Å². The minimum absolute atomic E-state index is 0.353. The van der Waals surface area contributed by atoms with Gasteiger partial charge in [-0.05, 0) is 50.8 Å². The fourth-order valence-electron chi connectivity index (χ4n) is 3.55. The van der Waals surface area contributed by atoms with Crippen molar-refractivity contribution in [2.24, 2.45) is 0 Å². The zero-order valence-electron chi connectivity index (χ0n) is 15.4. The molecule has 1 fully saturated rings. The number of rotatable bonds is 7. The molecule has 0 radical (unpaired) electrons. The molecule has 2 N–H and O–H groups in total. The molecule has 5 nitrogen and oxygen atoms in total. The number of hydrogen-bond donors (Lipinski definition) is 2. The van der Waals surface area contributed by atoms with Gasteiger partial charge in [0.2, 0.25) is 0 Å². The van der Waals surface area contributed by atoms with Crippen LogP contribution in [-0.4, -0.2) is 41.8 Å². The highest BCUT2D eigenvalue weighted by Crippen LogP contribution is 2.26. The zero-order chi connectivity index (χ0) is 18.4. The van der Waals surface area contributed by atoms with Crippen LogP contribution in [0, 0.1) is 5.82 Å². The predicted octanol–water partition coefficient (Wildman–Crippen LogP) is 3.63. The maximum Gasteiger partial charge on any atom is 0.151 e. The van der Waals surface area contributed by atoms with Crippen LogP contribution in [0.4, 0.5) is 10.2 Å². The van der Waals surface area contributed by atoms with Crippen molar-refractivity contribution in [1.29, 1.82) is 0 Å². The number of ether oxygens (including phenoxy) is 1. The fraction of sp³-hybridized carbons (Fsp3) is 0.500. The lowest BCUT2D eigenvalue weighted by Gasteiger charge is -2.31. The number of aromatic nitrogens is 2. The molecule has 6 heteroatoms. The summed E-state index contributed by atoms with van der Waals surface area (Å²) in [6.45, 7) is 2.88. The summed E-state index contributed by atoms with van der Waals surface area (Å²) in [6, 6.07) is 8.50. The van der Waals surface area contributed by atoms with Crippen molar-refractivity contribution in [1.82, 2.24) is 15.3 Å². The third kappa shape index (κ3) is 4.99. The van der Waals surface area contributed by atoms with Crippen molar-refractivity contribution < 1.29 is 9.13 Å². The van der Waals surface area contributed by atoms with Crippen LogP contribution in [0.5, 0.6) is 0 Å². The molecule has 0 amide bonds. The second-order valence-electron chi connectivity index (χ2n) is 6.98. The molecule has 0 aliphatic heterocycles. The minimum Gasteiger partial charge on any atom is -0.383 e. The van der Waals surface area contributed by atoms with Crippen LogP contribution in [0.3, 0.4) is 0 Å². The van der Waals surface area contributed by atoms with Gasteiger partial charge in [-0.15, -0.1) is 0 Å². The van der Waals surface area contributed by atoms with E-state index in [-0.39, 0.29) is 5.82 Å². The van der Waals surface area contributed by atoms with E-state index in [4.69, 9.17) is 4.74 Å². The summed E-state index contributed by atoms with van der Waals surface area (Å²) in [5, 5.41) is 7.08. The first kappa shape index (κ1) is 18.7. The zero-order valence-corrected chi connectivity index (χ0v) is 15.4. The maximum atomic E-state index is 14.1. The molecular weight excluding hydrogens is 331 g/mol. The van der Waals surface area contributed by atoms with Crippen LogP contribution in [-0.2, 0) is 4.74 Å². The summed E-state index contributed by atoms with van der Waals surface area (Å²) < 4.78 is 19.3. The van der Waals surface area contributed by atoms with Crippen LogP contribution in [0.25, 0.3) is 11.3 Å². The molecule has 140 valence electrons. The highest BCUT2D eigenvalue weighted by molar-refractivity contribution is 5.63. The first-order chi connectivity index (χ1) is 12.7. The Morgan fingerprint density at radius 1 is 1.19 bits per heavy atom. The Morgan fingerprint density at radius 2 is 1.96 bits per heavy atom. The molecule has 26 heavy (non-hydrogen) atoms. The van der Waals surface area contributed by atoms with Gasteiger partial charge in [0, 0.05) is 37.0 Å². The number of hydrogen-bond acceptors (Lipinski definition) is 5. The fourth-order valence-corrected chi connectivity index (χ4v) is 3.55. The van der Waals surface area contributed by atoms with Crippen molar-refractivity contribution >= 4 is 5.82 Å². The van der Waals surface area contributed by atoms with E-state index in [9.17, 15) is 4.39 Å². The van der Waals surface area contributed by atoms with Gasteiger partial charge in [0.15, 0.2) is 5.82 Å². The van der Waals surface area contributed by atoms with Crippen LogP contribution in [0.1, 0.15) is 32.6 Å². The van der Waals surface area contributed by atoms with Gasteiger partial charge in [-0.2, -0.15) is 0 Å². The maximum absolute atomic E-state index is 14.1. The van der Waals surface area contributed by atoms with E-state index in [2.05, 4.69) is 27.5 Å². The van der Waals surface area contributed by atoms with E-state index in [0.29, 0.717) is 35.2 Å². The van der Waals surface area contributed by atoms with Crippen molar-refractivity contribution in [3.05, 3.63) is 42.5 Å². The molecule has 2 heterocycles. The quantitative estimate of drug-likeness (QED) is 0.791. The monoisotopic (exact) mass is 358 g/mol. The number of anilines is 1. The molecule has 0 saturated heterocycles. The molecule has 1 atom stereocenters. The Bertz CT molecular complexity index is 689. The number of methoxy groups -OCH3 is 1. The second-order valence-corrected chi connectivity index (χ2v) is 6.98. The van der Waals surface area contributed by atoms with Crippen molar-refractivity contribution in [3.8, 4) is 11.3 Å². The lowest BCUT2D eigenvalue weighted by molar-refractivity contribution is 0.161. The molecule has 0 spiro atoms. The van der Waals surface area contributed by atoms with Crippen LogP contribution in [0.2, 0.25) is 0 Å². The Kier molecular flexibility index (Phi) is 6.52. The second kappa shape index (κ2) is 9.05. The highest BCUT2D eigenvalue weighted by atomic mass is 19.1. The average Bonchev–Trinajstić information content (AvgIpc) is 2.66. The van der Waals surface area contributed by atoms with Crippen LogP contribution < -0.4 is 10.6 Å². The Hall–Kier alpha value is -2.05. The Balaban J connectivity index is 1.57. The SMILES string of the molecule is COC[C@H](C)NC1CCC(Nc2cc(-c3ccccn3)c(F)cn2)CC1. The third-order valence-electron chi connectivity index (χ3n) is 4.81. The number of nitrogens with one attached hydrogen (secondary N) is 2. The molecule has 1 aliphatic rings. The molecule has 0 unspecified atom stereocenters. The van der Waals surface area contributed by atoms with E-state index in [1.54, 1.807) is 25.4 Å². The van der Waals surface area contributed by atoms with Gasteiger partial charge in [0.1, 0.15) is 5.82 Å². The van der Waals surface area contributed by atoms with E-state index in [0.717, 1.165) is 32.3 Å². The average molecular weight is 358 g/mol. The van der Waals surface area contributed by atoms with Gasteiger partial charge in [0.25, 0.3) is 0 Å². The van der Waals surface area contributed by atoms with E-state index in [1.165, 1.54) is 6.20 Å². The largest absolute Gasteiger partial charge is 0.383 e. The van der Waals surface area contributed by atoms with E-state index in [1.807, 2.05) is 12.1 Å². The summed E-state index contributed by atoms with van der Waals surface area (Å²) >= 11 is 0. The van der Waals surface area contributed by atoms with Gasteiger partial charge in [-0.1, -0.05) is 6.07 Å². The molecule has 2 aromatic rings. The van der Waals surface area contributed by atoms with Gasteiger partial charge < -0.3 is 15.4 Å². The van der Waals surface area contributed by atoms with Gasteiger partial charge in [-0.3, -0.25) is 4.98 Å². The summed E-state index contributed by atoms with van der Waals surface area (Å²) in [6.07, 6.45) is 7.29. The van der Waals surface area contributed by atoms with Crippen LogP contribution in [0.15, 0.2) is 36.7 Å². The molecule has 0 aromatic carbocycles. The number of pyridine rings is 2. The van der Waals surface area contributed by atoms with Gasteiger partial charge >= 0.3 is 0 Å². The van der Waals surface area contributed by atoms with Gasteiger partial charge in [-0.25, -0.2) is 9.37 Å². The summed E-state index contributed by atoms with van der Waals surface area (Å²) in [5.41, 5.74) is 1.10. The summed E-state index contributed by atoms with van der Waals surface area (Å²) in [5.74, 6) is 0.352. The molecule has 3 rings (SSSR count). The minimum atomic E-state index is -0.353. The van der Waals surface area contributed by atoms with Crippen molar-refractivity contribution in [2.75, 3.05) is 19.0 Å². The summed E-state index contributed by atoms with van der Waals surface area (Å²) in [4.78, 5) is 8.44. The number of halogens is 1. The van der Waals surface area contributed by atoms with Crippen molar-refractivity contribution in [3.63, 3.8) is 0 Å². The Labute approximate surface area is 154 Å². The Morgan fingerprint density at radius 3 is 2.65 bits per heavy atom. The summed E-state index contributed by atoms with van der Waals surface area (Å²) in [7, 11) is 1.73. The third-order valence-corrected chi connectivity index (χ3v) is 4.81. The van der Waals surface area contributed by atoms with E-state index >= 15 is 0 Å². The van der Waals surface area contributed by atoms with Gasteiger partial charge in [0.05, 0.1) is 18.5 Å². The van der Waals surface area contributed by atoms with Crippen molar-refractivity contribution in [2.45, 2.75) is 50.7 Å². The lowest BCUT2D eigenvalue weighted by atomic mass is 9.90. The molecular formula is C20H27FN4O. The number of nitrogens with zero attached hydrogens (tertiary/aromatic N) is 2. The standard InChI is InChI=1S/C20H27FN4O/c1-14(13-26-2)24-15-6-8-16(9-7-15)25-20-11-17(18(21)12-23-20)19-5-3-4-10-22-19/h3-5,10-12,14-16,24H,6-9,13H2,1-2H3,(H,23,25)/t14-,15?,16?/m0/s1. The molecule has 0 bridgehead atoms.